The van der Waals surface area contributed by atoms with Crippen molar-refractivity contribution in [3.05, 3.63) is 45.9 Å². The number of aliphatic hydroxyl groups is 1. The molecule has 1 N–H and O–H groups in total. The average Bonchev–Trinajstić information content (AvgIpc) is 2.25. The summed E-state index contributed by atoms with van der Waals surface area (Å²) in [6.45, 7) is 0. The van der Waals surface area contributed by atoms with Crippen molar-refractivity contribution in [3.8, 4) is 0 Å². The Balaban J connectivity index is 2.50. The van der Waals surface area contributed by atoms with Crippen molar-refractivity contribution in [2.45, 2.75) is 6.29 Å². The lowest BCUT2D eigenvalue weighted by Crippen LogP contribution is -2.17. The van der Waals surface area contributed by atoms with Gasteiger partial charge in [-0.1, -0.05) is 34.1 Å². The fourth-order valence-electron chi connectivity index (χ4n) is 2.02. The number of halogens is 1. The van der Waals surface area contributed by atoms with Crippen molar-refractivity contribution in [2.24, 2.45) is 0 Å². The molecule has 4 heteroatoms. The first-order chi connectivity index (χ1) is 7.66. The van der Waals surface area contributed by atoms with Gasteiger partial charge >= 0.3 is 5.97 Å². The molecule has 16 heavy (non-hydrogen) atoms. The highest BCUT2D eigenvalue weighted by atomic mass is 79.9. The van der Waals surface area contributed by atoms with Gasteiger partial charge in [0.05, 0.1) is 5.56 Å². The summed E-state index contributed by atoms with van der Waals surface area (Å²) in [5.41, 5.74) is 1.13. The third kappa shape index (κ3) is 1.27. The SMILES string of the molecule is O=C1OC(O)c2cccc3cc(Br)cc1c23. The molecule has 0 amide bonds. The molecule has 1 aliphatic heterocycles. The molecule has 2 aromatic rings. The lowest BCUT2D eigenvalue weighted by atomic mass is 9.97. The molecule has 0 aliphatic carbocycles. The maximum atomic E-state index is 11.6. The van der Waals surface area contributed by atoms with Crippen molar-refractivity contribution >= 4 is 32.7 Å². The molecule has 0 saturated heterocycles. The Bertz CT molecular complexity index is 606. The third-order valence-corrected chi connectivity index (χ3v) is 3.14. The molecule has 1 atom stereocenters. The molecule has 3 rings (SSSR count). The van der Waals surface area contributed by atoms with E-state index in [4.69, 9.17) is 4.74 Å². The Hall–Kier alpha value is -1.39. The summed E-state index contributed by atoms with van der Waals surface area (Å²) in [6.07, 6.45) is -1.16. The molecular formula is C12H7BrO3. The second-order valence-electron chi connectivity index (χ2n) is 3.66. The monoisotopic (exact) mass is 278 g/mol. The Morgan fingerprint density at radius 1 is 1.31 bits per heavy atom. The predicted molar refractivity (Wildman–Crippen MR) is 62.0 cm³/mol. The van der Waals surface area contributed by atoms with Crippen LogP contribution in [0.3, 0.4) is 0 Å². The van der Waals surface area contributed by atoms with Crippen LogP contribution in [0.5, 0.6) is 0 Å². The van der Waals surface area contributed by atoms with Crippen LogP contribution in [0.15, 0.2) is 34.8 Å². The topological polar surface area (TPSA) is 46.5 Å². The predicted octanol–water partition coefficient (Wildman–Crippen LogP) is 2.76. The molecule has 1 unspecified atom stereocenters. The molecular weight excluding hydrogens is 272 g/mol. The van der Waals surface area contributed by atoms with E-state index in [0.29, 0.717) is 11.1 Å². The molecule has 1 heterocycles. The van der Waals surface area contributed by atoms with Crippen LogP contribution in [-0.2, 0) is 4.74 Å². The molecule has 0 spiro atoms. The van der Waals surface area contributed by atoms with E-state index in [9.17, 15) is 9.90 Å². The zero-order valence-corrected chi connectivity index (χ0v) is 9.69. The minimum absolute atomic E-state index is 0.488. The molecule has 3 nitrogen and oxygen atoms in total. The lowest BCUT2D eigenvalue weighted by Gasteiger charge is -2.21. The lowest BCUT2D eigenvalue weighted by molar-refractivity contribution is -0.0686. The van der Waals surface area contributed by atoms with Gasteiger partial charge in [0.2, 0.25) is 6.29 Å². The maximum Gasteiger partial charge on any atom is 0.341 e. The first kappa shape index (κ1) is 9.81. The fraction of sp³-hybridized carbons (Fsp3) is 0.0833. The molecule has 0 fully saturated rings. The van der Waals surface area contributed by atoms with Crippen molar-refractivity contribution < 1.29 is 14.6 Å². The number of aliphatic hydroxyl groups excluding tert-OH is 1. The number of hydrogen-bond donors (Lipinski definition) is 1. The van der Waals surface area contributed by atoms with Gasteiger partial charge in [-0.05, 0) is 17.5 Å². The summed E-state index contributed by atoms with van der Waals surface area (Å²) in [5, 5.41) is 11.3. The number of carbonyl (C=O) groups is 1. The third-order valence-electron chi connectivity index (χ3n) is 2.68. The molecule has 0 radical (unpaired) electrons. The van der Waals surface area contributed by atoms with Gasteiger partial charge in [0.15, 0.2) is 0 Å². The van der Waals surface area contributed by atoms with E-state index in [2.05, 4.69) is 15.9 Å². The van der Waals surface area contributed by atoms with Gasteiger partial charge in [-0.2, -0.15) is 0 Å². The Morgan fingerprint density at radius 2 is 2.12 bits per heavy atom. The molecule has 80 valence electrons. The Labute approximate surface area is 99.8 Å². The summed E-state index contributed by atoms with van der Waals surface area (Å²) in [5.74, 6) is -0.488. The maximum absolute atomic E-state index is 11.6. The highest BCUT2D eigenvalue weighted by Crippen LogP contribution is 2.35. The Morgan fingerprint density at radius 3 is 2.94 bits per heavy atom. The molecule has 2 aromatic carbocycles. The van der Waals surface area contributed by atoms with Crippen LogP contribution in [0, 0.1) is 0 Å². The van der Waals surface area contributed by atoms with Gasteiger partial charge in [0, 0.05) is 15.4 Å². The first-order valence-corrected chi connectivity index (χ1v) is 5.57. The molecule has 0 bridgehead atoms. The minimum Gasteiger partial charge on any atom is -0.428 e. The van der Waals surface area contributed by atoms with E-state index in [1.54, 1.807) is 12.1 Å². The highest BCUT2D eigenvalue weighted by molar-refractivity contribution is 9.10. The van der Waals surface area contributed by atoms with Crippen LogP contribution in [0.25, 0.3) is 10.8 Å². The average molecular weight is 279 g/mol. The summed E-state index contributed by atoms with van der Waals surface area (Å²) in [7, 11) is 0. The van der Waals surface area contributed by atoms with Gasteiger partial charge in [-0.3, -0.25) is 0 Å². The number of esters is 1. The van der Waals surface area contributed by atoms with Crippen LogP contribution in [-0.4, -0.2) is 11.1 Å². The van der Waals surface area contributed by atoms with E-state index in [0.717, 1.165) is 15.2 Å². The first-order valence-electron chi connectivity index (χ1n) is 4.78. The van der Waals surface area contributed by atoms with E-state index >= 15 is 0 Å². The summed E-state index contributed by atoms with van der Waals surface area (Å²) in [6, 6.07) is 9.11. The van der Waals surface area contributed by atoms with E-state index in [1.165, 1.54) is 0 Å². The second kappa shape index (κ2) is 3.30. The van der Waals surface area contributed by atoms with Crippen LogP contribution in [0.2, 0.25) is 0 Å². The van der Waals surface area contributed by atoms with Crippen LogP contribution >= 0.6 is 15.9 Å². The Kier molecular flexibility index (Phi) is 2.02. The number of hydrogen-bond acceptors (Lipinski definition) is 3. The highest BCUT2D eigenvalue weighted by Gasteiger charge is 2.27. The van der Waals surface area contributed by atoms with Crippen molar-refractivity contribution in [2.75, 3.05) is 0 Å². The van der Waals surface area contributed by atoms with Gasteiger partial charge in [-0.15, -0.1) is 0 Å². The normalized spacial score (nSPS) is 18.6. The molecule has 0 aromatic heterocycles. The number of rotatable bonds is 0. The van der Waals surface area contributed by atoms with Gasteiger partial charge in [0.1, 0.15) is 0 Å². The smallest absolute Gasteiger partial charge is 0.341 e. The van der Waals surface area contributed by atoms with Gasteiger partial charge in [-0.25, -0.2) is 4.79 Å². The van der Waals surface area contributed by atoms with Crippen molar-refractivity contribution in [3.63, 3.8) is 0 Å². The van der Waals surface area contributed by atoms with Crippen LogP contribution in [0.4, 0.5) is 0 Å². The zero-order chi connectivity index (χ0) is 11.3. The standard InChI is InChI=1S/C12H7BrO3/c13-7-4-6-2-1-3-8-10(6)9(5-7)12(15)16-11(8)14/h1-5,11,14H. The summed E-state index contributed by atoms with van der Waals surface area (Å²) in [4.78, 5) is 11.6. The van der Waals surface area contributed by atoms with E-state index in [-0.39, 0.29) is 0 Å². The van der Waals surface area contributed by atoms with Gasteiger partial charge in [0.25, 0.3) is 0 Å². The largest absolute Gasteiger partial charge is 0.428 e. The second-order valence-corrected chi connectivity index (χ2v) is 4.57. The minimum atomic E-state index is -1.16. The van der Waals surface area contributed by atoms with Crippen LogP contribution in [0.1, 0.15) is 22.2 Å². The van der Waals surface area contributed by atoms with Crippen molar-refractivity contribution in [1.82, 2.24) is 0 Å². The zero-order valence-electron chi connectivity index (χ0n) is 8.11. The molecule has 1 aliphatic rings. The fourth-order valence-corrected chi connectivity index (χ4v) is 2.49. The number of benzene rings is 2. The summed E-state index contributed by atoms with van der Waals surface area (Å²) >= 11 is 3.35. The number of carbonyl (C=O) groups excluding carboxylic acids is 1. The van der Waals surface area contributed by atoms with Gasteiger partial charge < -0.3 is 9.84 Å². The number of ether oxygens (including phenoxy) is 1. The molecule has 0 saturated carbocycles. The van der Waals surface area contributed by atoms with E-state index < -0.39 is 12.3 Å². The summed E-state index contributed by atoms with van der Waals surface area (Å²) < 4.78 is 5.67. The van der Waals surface area contributed by atoms with E-state index in [1.807, 2.05) is 18.2 Å². The van der Waals surface area contributed by atoms with Crippen LogP contribution < -0.4 is 0 Å². The van der Waals surface area contributed by atoms with Crippen molar-refractivity contribution in [1.29, 1.82) is 0 Å². The number of cyclic esters (lactones) is 1. The quantitative estimate of drug-likeness (QED) is 0.754.